The molecule has 1 aliphatic rings. The molecule has 1 saturated carbocycles. The summed E-state index contributed by atoms with van der Waals surface area (Å²) in [4.78, 5) is 18.1. The maximum Gasteiger partial charge on any atom is 0.228 e. The molecule has 0 bridgehead atoms. The van der Waals surface area contributed by atoms with Crippen molar-refractivity contribution in [3.05, 3.63) is 24.5 Å². The van der Waals surface area contributed by atoms with Gasteiger partial charge in [-0.25, -0.2) is 0 Å². The van der Waals surface area contributed by atoms with Crippen molar-refractivity contribution in [3.8, 4) is 0 Å². The first-order valence-electron chi connectivity index (χ1n) is 6.64. The first-order valence-corrected chi connectivity index (χ1v) is 6.64. The SMILES string of the molecule is CCN(C(=O)CC1(N)CCCC1)c1ccncc1. The number of anilines is 1. The van der Waals surface area contributed by atoms with Crippen LogP contribution < -0.4 is 10.6 Å². The zero-order valence-electron chi connectivity index (χ0n) is 10.9. The predicted octanol–water partition coefficient (Wildman–Crippen LogP) is 2.10. The monoisotopic (exact) mass is 247 g/mol. The Bertz CT molecular complexity index is 399. The van der Waals surface area contributed by atoms with E-state index < -0.39 is 0 Å². The highest BCUT2D eigenvalue weighted by atomic mass is 16.2. The molecule has 2 rings (SSSR count). The van der Waals surface area contributed by atoms with Crippen LogP contribution in [0.4, 0.5) is 5.69 Å². The minimum Gasteiger partial charge on any atom is -0.325 e. The Morgan fingerprint density at radius 1 is 1.39 bits per heavy atom. The number of hydrogen-bond acceptors (Lipinski definition) is 3. The lowest BCUT2D eigenvalue weighted by atomic mass is 9.94. The summed E-state index contributed by atoms with van der Waals surface area (Å²) in [6.07, 6.45) is 8.08. The van der Waals surface area contributed by atoms with E-state index in [0.29, 0.717) is 13.0 Å². The Labute approximate surface area is 108 Å². The number of nitrogens with two attached hydrogens (primary N) is 1. The molecule has 0 unspecified atom stereocenters. The molecule has 1 aromatic heterocycles. The van der Waals surface area contributed by atoms with Crippen molar-refractivity contribution >= 4 is 11.6 Å². The second-order valence-corrected chi connectivity index (χ2v) is 5.09. The summed E-state index contributed by atoms with van der Waals surface area (Å²) in [5, 5.41) is 0. The number of nitrogens with zero attached hydrogens (tertiary/aromatic N) is 2. The molecule has 98 valence electrons. The minimum absolute atomic E-state index is 0.119. The van der Waals surface area contributed by atoms with E-state index in [1.165, 1.54) is 0 Å². The topological polar surface area (TPSA) is 59.2 Å². The number of amides is 1. The molecule has 0 radical (unpaired) electrons. The predicted molar refractivity (Wildman–Crippen MR) is 72.3 cm³/mol. The summed E-state index contributed by atoms with van der Waals surface area (Å²) < 4.78 is 0. The zero-order chi connectivity index (χ0) is 13.0. The van der Waals surface area contributed by atoms with Crippen LogP contribution in [0.25, 0.3) is 0 Å². The number of pyridine rings is 1. The van der Waals surface area contributed by atoms with E-state index in [1.54, 1.807) is 17.3 Å². The van der Waals surface area contributed by atoms with E-state index in [0.717, 1.165) is 31.4 Å². The number of aromatic nitrogens is 1. The Hall–Kier alpha value is -1.42. The fourth-order valence-electron chi connectivity index (χ4n) is 2.68. The Kier molecular flexibility index (Phi) is 3.97. The third-order valence-corrected chi connectivity index (χ3v) is 3.69. The molecule has 1 fully saturated rings. The maximum atomic E-state index is 12.4. The lowest BCUT2D eigenvalue weighted by Gasteiger charge is -2.28. The van der Waals surface area contributed by atoms with E-state index in [9.17, 15) is 4.79 Å². The van der Waals surface area contributed by atoms with E-state index in [2.05, 4.69) is 4.98 Å². The molecule has 18 heavy (non-hydrogen) atoms. The maximum absolute atomic E-state index is 12.4. The highest BCUT2D eigenvalue weighted by Crippen LogP contribution is 2.31. The minimum atomic E-state index is -0.280. The number of carbonyl (C=O) groups is 1. The van der Waals surface area contributed by atoms with Crippen LogP contribution in [0.1, 0.15) is 39.0 Å². The van der Waals surface area contributed by atoms with Gasteiger partial charge in [0.2, 0.25) is 5.91 Å². The van der Waals surface area contributed by atoms with Crippen molar-refractivity contribution in [2.24, 2.45) is 5.73 Å². The van der Waals surface area contributed by atoms with Gasteiger partial charge in [-0.1, -0.05) is 12.8 Å². The van der Waals surface area contributed by atoms with E-state index in [4.69, 9.17) is 5.73 Å². The van der Waals surface area contributed by atoms with Crippen LogP contribution in [0.15, 0.2) is 24.5 Å². The Morgan fingerprint density at radius 2 is 2.00 bits per heavy atom. The largest absolute Gasteiger partial charge is 0.325 e. The molecule has 2 N–H and O–H groups in total. The average molecular weight is 247 g/mol. The molecular weight excluding hydrogens is 226 g/mol. The van der Waals surface area contributed by atoms with Crippen LogP contribution in [-0.2, 0) is 4.79 Å². The molecule has 0 saturated heterocycles. The van der Waals surface area contributed by atoms with Gasteiger partial charge in [0.05, 0.1) is 0 Å². The van der Waals surface area contributed by atoms with Crippen molar-refractivity contribution in [2.45, 2.75) is 44.6 Å². The number of carbonyl (C=O) groups excluding carboxylic acids is 1. The van der Waals surface area contributed by atoms with Gasteiger partial charge in [-0.15, -0.1) is 0 Å². The van der Waals surface area contributed by atoms with Crippen molar-refractivity contribution < 1.29 is 4.79 Å². The molecule has 1 amide bonds. The lowest BCUT2D eigenvalue weighted by Crippen LogP contribution is -2.43. The van der Waals surface area contributed by atoms with Gasteiger partial charge >= 0.3 is 0 Å². The first kappa shape index (κ1) is 13.0. The van der Waals surface area contributed by atoms with Gasteiger partial charge in [0.25, 0.3) is 0 Å². The van der Waals surface area contributed by atoms with Crippen LogP contribution in [0.2, 0.25) is 0 Å². The number of hydrogen-bond donors (Lipinski definition) is 1. The number of rotatable bonds is 4. The zero-order valence-corrected chi connectivity index (χ0v) is 10.9. The summed E-state index contributed by atoms with van der Waals surface area (Å²) >= 11 is 0. The van der Waals surface area contributed by atoms with E-state index >= 15 is 0 Å². The van der Waals surface area contributed by atoms with Crippen LogP contribution in [0.5, 0.6) is 0 Å². The summed E-state index contributed by atoms with van der Waals surface area (Å²) in [5.41, 5.74) is 6.89. The lowest BCUT2D eigenvalue weighted by molar-refractivity contribution is -0.119. The first-order chi connectivity index (χ1) is 8.64. The van der Waals surface area contributed by atoms with Crippen molar-refractivity contribution in [1.29, 1.82) is 0 Å². The van der Waals surface area contributed by atoms with Crippen molar-refractivity contribution in [1.82, 2.24) is 4.98 Å². The fourth-order valence-corrected chi connectivity index (χ4v) is 2.68. The Morgan fingerprint density at radius 3 is 2.56 bits per heavy atom. The van der Waals surface area contributed by atoms with Gasteiger partial charge in [-0.05, 0) is 31.9 Å². The standard InChI is InChI=1S/C14H21N3O/c1-2-17(12-5-9-16-10-6-12)13(18)11-14(15)7-3-4-8-14/h5-6,9-10H,2-4,7-8,11,15H2,1H3. The van der Waals surface area contributed by atoms with Crippen molar-refractivity contribution in [2.75, 3.05) is 11.4 Å². The molecule has 1 heterocycles. The average Bonchev–Trinajstić information content (AvgIpc) is 2.78. The summed E-state index contributed by atoms with van der Waals surface area (Å²) in [7, 11) is 0. The smallest absolute Gasteiger partial charge is 0.228 e. The molecule has 1 aromatic rings. The summed E-state index contributed by atoms with van der Waals surface area (Å²) in [5.74, 6) is 0.119. The van der Waals surface area contributed by atoms with Crippen LogP contribution in [0.3, 0.4) is 0 Å². The molecule has 0 spiro atoms. The molecule has 1 aliphatic carbocycles. The second-order valence-electron chi connectivity index (χ2n) is 5.09. The van der Waals surface area contributed by atoms with E-state index in [1.807, 2.05) is 19.1 Å². The summed E-state index contributed by atoms with van der Waals surface area (Å²) in [6, 6.07) is 3.72. The third kappa shape index (κ3) is 2.88. The van der Waals surface area contributed by atoms with Gasteiger partial charge < -0.3 is 10.6 Å². The van der Waals surface area contributed by atoms with E-state index in [-0.39, 0.29) is 11.4 Å². The van der Waals surface area contributed by atoms with Gasteiger partial charge in [0.1, 0.15) is 0 Å². The molecule has 0 aliphatic heterocycles. The third-order valence-electron chi connectivity index (χ3n) is 3.69. The summed E-state index contributed by atoms with van der Waals surface area (Å²) in [6.45, 7) is 2.65. The van der Waals surface area contributed by atoms with Gasteiger partial charge in [-0.2, -0.15) is 0 Å². The normalized spacial score (nSPS) is 17.7. The quantitative estimate of drug-likeness (QED) is 0.886. The fraction of sp³-hybridized carbons (Fsp3) is 0.571. The van der Waals surface area contributed by atoms with Crippen molar-refractivity contribution in [3.63, 3.8) is 0 Å². The van der Waals surface area contributed by atoms with Gasteiger partial charge in [0.15, 0.2) is 0 Å². The molecule has 0 atom stereocenters. The highest BCUT2D eigenvalue weighted by Gasteiger charge is 2.33. The molecule has 4 nitrogen and oxygen atoms in total. The van der Waals surface area contributed by atoms with Crippen LogP contribution in [0, 0.1) is 0 Å². The molecule has 4 heteroatoms. The van der Waals surface area contributed by atoms with Gasteiger partial charge in [0, 0.05) is 36.6 Å². The van der Waals surface area contributed by atoms with Crippen LogP contribution in [-0.4, -0.2) is 23.0 Å². The van der Waals surface area contributed by atoms with Gasteiger partial charge in [-0.3, -0.25) is 9.78 Å². The molecule has 0 aromatic carbocycles. The molecular formula is C14H21N3O. The highest BCUT2D eigenvalue weighted by molar-refractivity contribution is 5.93. The van der Waals surface area contributed by atoms with Crippen LogP contribution >= 0.6 is 0 Å². The second kappa shape index (κ2) is 5.48. The Balaban J connectivity index is 2.06.